The maximum absolute atomic E-state index is 5.05. The molecule has 6 heteroatoms. The molecule has 0 saturated heterocycles. The summed E-state index contributed by atoms with van der Waals surface area (Å²) < 4.78 is 5.02. The molecular weight excluding hydrogens is 212 g/mol. The van der Waals surface area contributed by atoms with E-state index >= 15 is 0 Å². The standard InChI is InChI=1S/C9H12N4OS/c1-14-8-4-2-7(3-5-8)6-11-13-9(15)12-10/h2-6H,10H2,1H3,(H2,12,13,15). The average molecular weight is 224 g/mol. The molecule has 0 unspecified atom stereocenters. The van der Waals surface area contributed by atoms with Gasteiger partial charge in [-0.05, 0) is 42.0 Å². The normalized spacial score (nSPS) is 10.0. The Morgan fingerprint density at radius 3 is 2.67 bits per heavy atom. The predicted octanol–water partition coefficient (Wildman–Crippen LogP) is 0.367. The van der Waals surface area contributed by atoms with Crippen LogP contribution in [0.1, 0.15) is 5.56 Å². The third-order valence-electron chi connectivity index (χ3n) is 1.63. The second-order valence-corrected chi connectivity index (χ2v) is 3.02. The van der Waals surface area contributed by atoms with Crippen LogP contribution in [0.2, 0.25) is 0 Å². The monoisotopic (exact) mass is 224 g/mol. The minimum absolute atomic E-state index is 0.264. The van der Waals surface area contributed by atoms with Gasteiger partial charge in [-0.15, -0.1) is 0 Å². The van der Waals surface area contributed by atoms with Gasteiger partial charge in [0, 0.05) is 0 Å². The van der Waals surface area contributed by atoms with Crippen molar-refractivity contribution < 1.29 is 4.74 Å². The summed E-state index contributed by atoms with van der Waals surface area (Å²) in [5.74, 6) is 5.85. The van der Waals surface area contributed by atoms with Crippen LogP contribution < -0.4 is 21.4 Å². The van der Waals surface area contributed by atoms with Crippen molar-refractivity contribution >= 4 is 23.5 Å². The van der Waals surface area contributed by atoms with Crippen LogP contribution in [0.15, 0.2) is 29.4 Å². The lowest BCUT2D eigenvalue weighted by molar-refractivity contribution is 0.415. The fraction of sp³-hybridized carbons (Fsp3) is 0.111. The molecule has 0 saturated carbocycles. The summed E-state index contributed by atoms with van der Waals surface area (Å²) in [6.07, 6.45) is 1.63. The van der Waals surface area contributed by atoms with Gasteiger partial charge in [0.1, 0.15) is 5.75 Å². The SMILES string of the molecule is COc1ccc(C=NNC(=S)NN)cc1. The molecule has 0 atom stereocenters. The smallest absolute Gasteiger partial charge is 0.201 e. The highest BCUT2D eigenvalue weighted by Crippen LogP contribution is 2.09. The Morgan fingerprint density at radius 2 is 2.13 bits per heavy atom. The van der Waals surface area contributed by atoms with Crippen LogP contribution in [0.4, 0.5) is 0 Å². The third kappa shape index (κ3) is 3.92. The Hall–Kier alpha value is -1.66. The number of hydrogen-bond acceptors (Lipinski definition) is 4. The van der Waals surface area contributed by atoms with Crippen molar-refractivity contribution in [2.24, 2.45) is 10.9 Å². The number of hydrazine groups is 1. The summed E-state index contributed by atoms with van der Waals surface area (Å²) in [5.41, 5.74) is 5.73. The quantitative estimate of drug-likeness (QED) is 0.299. The Labute approximate surface area is 93.3 Å². The molecule has 0 spiro atoms. The van der Waals surface area contributed by atoms with Gasteiger partial charge >= 0.3 is 0 Å². The van der Waals surface area contributed by atoms with E-state index in [2.05, 4.69) is 16.0 Å². The van der Waals surface area contributed by atoms with Crippen LogP contribution in [0.25, 0.3) is 0 Å². The lowest BCUT2D eigenvalue weighted by atomic mass is 10.2. The first-order chi connectivity index (χ1) is 7.26. The van der Waals surface area contributed by atoms with Gasteiger partial charge in [-0.3, -0.25) is 10.9 Å². The summed E-state index contributed by atoms with van der Waals surface area (Å²) >= 11 is 4.73. The summed E-state index contributed by atoms with van der Waals surface area (Å²) in [4.78, 5) is 0. The Balaban J connectivity index is 2.53. The van der Waals surface area contributed by atoms with Crippen molar-refractivity contribution in [3.8, 4) is 5.75 Å². The van der Waals surface area contributed by atoms with Gasteiger partial charge in [0.15, 0.2) is 0 Å². The first-order valence-electron chi connectivity index (χ1n) is 4.20. The Bertz CT molecular complexity index is 350. The van der Waals surface area contributed by atoms with E-state index in [1.165, 1.54) is 0 Å². The molecule has 0 aliphatic heterocycles. The number of benzene rings is 1. The first kappa shape index (κ1) is 11.4. The molecule has 80 valence electrons. The largest absolute Gasteiger partial charge is 0.497 e. The van der Waals surface area contributed by atoms with E-state index in [9.17, 15) is 0 Å². The molecule has 1 aromatic carbocycles. The van der Waals surface area contributed by atoms with Crippen molar-refractivity contribution in [2.75, 3.05) is 7.11 Å². The van der Waals surface area contributed by atoms with E-state index in [0.29, 0.717) is 0 Å². The number of nitrogens with zero attached hydrogens (tertiary/aromatic N) is 1. The lowest BCUT2D eigenvalue weighted by Crippen LogP contribution is -2.37. The van der Waals surface area contributed by atoms with E-state index in [-0.39, 0.29) is 5.11 Å². The summed E-state index contributed by atoms with van der Waals surface area (Å²) in [5, 5.41) is 4.13. The predicted molar refractivity (Wildman–Crippen MR) is 63.6 cm³/mol. The minimum atomic E-state index is 0.264. The van der Waals surface area contributed by atoms with Gasteiger partial charge in [-0.25, -0.2) is 5.84 Å². The molecule has 5 nitrogen and oxygen atoms in total. The number of rotatable bonds is 3. The van der Waals surface area contributed by atoms with Gasteiger partial charge in [-0.2, -0.15) is 5.10 Å². The second-order valence-electron chi connectivity index (χ2n) is 2.62. The fourth-order valence-electron chi connectivity index (χ4n) is 0.888. The van der Waals surface area contributed by atoms with Crippen LogP contribution in [0.3, 0.4) is 0 Å². The van der Waals surface area contributed by atoms with Gasteiger partial charge in [0.05, 0.1) is 13.3 Å². The van der Waals surface area contributed by atoms with Crippen LogP contribution in [-0.4, -0.2) is 18.4 Å². The first-order valence-corrected chi connectivity index (χ1v) is 4.61. The van der Waals surface area contributed by atoms with Crippen LogP contribution >= 0.6 is 12.2 Å². The van der Waals surface area contributed by atoms with E-state index in [1.807, 2.05) is 24.3 Å². The fourth-order valence-corrected chi connectivity index (χ4v) is 0.940. The zero-order valence-electron chi connectivity index (χ0n) is 8.23. The number of nitrogens with one attached hydrogen (secondary N) is 2. The van der Waals surface area contributed by atoms with Gasteiger partial charge in [-0.1, -0.05) is 0 Å². The van der Waals surface area contributed by atoms with Crippen LogP contribution in [0, 0.1) is 0 Å². The molecule has 0 aliphatic carbocycles. The van der Waals surface area contributed by atoms with E-state index in [0.717, 1.165) is 11.3 Å². The number of hydrazone groups is 1. The van der Waals surface area contributed by atoms with Gasteiger partial charge in [0.25, 0.3) is 0 Å². The van der Waals surface area contributed by atoms with Crippen molar-refractivity contribution in [1.29, 1.82) is 0 Å². The Kier molecular flexibility index (Phi) is 4.52. The topological polar surface area (TPSA) is 71.7 Å². The average Bonchev–Trinajstić information content (AvgIpc) is 2.29. The Morgan fingerprint density at radius 1 is 1.47 bits per heavy atom. The molecule has 0 heterocycles. The second kappa shape index (κ2) is 5.94. The number of ether oxygens (including phenoxy) is 1. The number of nitrogens with two attached hydrogens (primary N) is 1. The zero-order chi connectivity index (χ0) is 11.1. The van der Waals surface area contributed by atoms with Crippen LogP contribution in [0.5, 0.6) is 5.75 Å². The molecule has 0 fully saturated rings. The van der Waals surface area contributed by atoms with Crippen molar-refractivity contribution in [3.63, 3.8) is 0 Å². The van der Waals surface area contributed by atoms with Gasteiger partial charge in [0.2, 0.25) is 5.11 Å². The summed E-state index contributed by atoms with van der Waals surface area (Å²) in [7, 11) is 1.62. The maximum Gasteiger partial charge on any atom is 0.201 e. The number of hydrogen-bond donors (Lipinski definition) is 3. The number of methoxy groups -OCH3 is 1. The molecule has 4 N–H and O–H groups in total. The minimum Gasteiger partial charge on any atom is -0.497 e. The van der Waals surface area contributed by atoms with Crippen molar-refractivity contribution in [1.82, 2.24) is 10.9 Å². The summed E-state index contributed by atoms with van der Waals surface area (Å²) in [6.45, 7) is 0. The highest BCUT2D eigenvalue weighted by molar-refractivity contribution is 7.80. The van der Waals surface area contributed by atoms with Crippen LogP contribution in [-0.2, 0) is 0 Å². The molecule has 0 bridgehead atoms. The molecule has 15 heavy (non-hydrogen) atoms. The van der Waals surface area contributed by atoms with Crippen molar-refractivity contribution in [3.05, 3.63) is 29.8 Å². The molecule has 0 amide bonds. The summed E-state index contributed by atoms with van der Waals surface area (Å²) in [6, 6.07) is 7.45. The third-order valence-corrected chi connectivity index (χ3v) is 1.84. The molecular formula is C9H12N4OS. The van der Waals surface area contributed by atoms with E-state index in [4.69, 9.17) is 22.8 Å². The lowest BCUT2D eigenvalue weighted by Gasteiger charge is -2.00. The van der Waals surface area contributed by atoms with Gasteiger partial charge < -0.3 is 4.74 Å². The molecule has 0 aliphatic rings. The van der Waals surface area contributed by atoms with E-state index in [1.54, 1.807) is 13.3 Å². The zero-order valence-corrected chi connectivity index (χ0v) is 9.04. The number of thiocarbonyl (C=S) groups is 1. The molecule has 0 aromatic heterocycles. The maximum atomic E-state index is 5.05. The highest BCUT2D eigenvalue weighted by Gasteiger charge is 1.90. The molecule has 0 radical (unpaired) electrons. The van der Waals surface area contributed by atoms with E-state index < -0.39 is 0 Å². The highest BCUT2D eigenvalue weighted by atomic mass is 32.1. The van der Waals surface area contributed by atoms with Crippen molar-refractivity contribution in [2.45, 2.75) is 0 Å². The molecule has 1 aromatic rings. The molecule has 1 rings (SSSR count).